The molecule has 2 atom stereocenters. The van der Waals surface area contributed by atoms with Gasteiger partial charge in [0, 0.05) is 25.4 Å². The first-order valence-corrected chi connectivity index (χ1v) is 7.65. The van der Waals surface area contributed by atoms with Crippen LogP contribution in [-0.2, 0) is 11.2 Å². The van der Waals surface area contributed by atoms with Crippen molar-refractivity contribution in [3.63, 3.8) is 0 Å². The molecule has 2 unspecified atom stereocenters. The fourth-order valence-electron chi connectivity index (χ4n) is 3.05. The van der Waals surface area contributed by atoms with Gasteiger partial charge in [0.05, 0.1) is 0 Å². The summed E-state index contributed by atoms with van der Waals surface area (Å²) in [5, 5.41) is 0. The quantitative estimate of drug-likeness (QED) is 0.796. The summed E-state index contributed by atoms with van der Waals surface area (Å²) in [5.74, 6) is 1.39. The molecular formula is C17H23NO3. The molecule has 0 radical (unpaired) electrons. The highest BCUT2D eigenvalue weighted by molar-refractivity contribution is 5.68. The van der Waals surface area contributed by atoms with Gasteiger partial charge in [-0.2, -0.15) is 0 Å². The zero-order valence-corrected chi connectivity index (χ0v) is 13.0. The number of ether oxygens (including phenoxy) is 2. The van der Waals surface area contributed by atoms with Crippen molar-refractivity contribution in [3.8, 4) is 5.75 Å². The first-order chi connectivity index (χ1) is 9.92. The van der Waals surface area contributed by atoms with Crippen LogP contribution in [0, 0.1) is 5.92 Å². The Morgan fingerprint density at radius 3 is 2.81 bits per heavy atom. The van der Waals surface area contributed by atoms with Gasteiger partial charge in [0.2, 0.25) is 0 Å². The molecule has 0 N–H and O–H groups in total. The summed E-state index contributed by atoms with van der Waals surface area (Å²) in [4.78, 5) is 13.9. The first-order valence-electron chi connectivity index (χ1n) is 7.65. The summed E-state index contributed by atoms with van der Waals surface area (Å²) in [6, 6.07) is 8.20. The van der Waals surface area contributed by atoms with Gasteiger partial charge in [0.15, 0.2) is 0 Å². The smallest absolute Gasteiger partial charge is 0.410 e. The summed E-state index contributed by atoms with van der Waals surface area (Å²) in [7, 11) is 0. The molecule has 1 amide bonds. The van der Waals surface area contributed by atoms with E-state index >= 15 is 0 Å². The lowest BCUT2D eigenvalue weighted by atomic mass is 9.97. The molecule has 0 spiro atoms. The van der Waals surface area contributed by atoms with Crippen LogP contribution in [0.4, 0.5) is 4.79 Å². The van der Waals surface area contributed by atoms with Crippen LogP contribution in [-0.4, -0.2) is 35.8 Å². The Morgan fingerprint density at radius 2 is 2.10 bits per heavy atom. The molecule has 1 aromatic rings. The Bertz CT molecular complexity index is 510. The Balaban J connectivity index is 1.58. The summed E-state index contributed by atoms with van der Waals surface area (Å²) in [6.07, 6.45) is 1.91. The highest BCUT2D eigenvalue weighted by Crippen LogP contribution is 2.34. The summed E-state index contributed by atoms with van der Waals surface area (Å²) in [5.41, 5.74) is 0.841. The number of fused-ring (bicyclic) bond motifs is 1. The van der Waals surface area contributed by atoms with Crippen molar-refractivity contribution in [1.82, 2.24) is 4.90 Å². The Kier molecular flexibility index (Phi) is 3.56. The van der Waals surface area contributed by atoms with Gasteiger partial charge in [-0.1, -0.05) is 18.2 Å². The SMILES string of the molecule is CC(C)(C)OC(=O)N1CCC(C2Cc3ccccc3O2)C1. The van der Waals surface area contributed by atoms with Gasteiger partial charge in [-0.25, -0.2) is 4.79 Å². The predicted molar refractivity (Wildman–Crippen MR) is 80.5 cm³/mol. The van der Waals surface area contributed by atoms with E-state index in [0.717, 1.165) is 31.7 Å². The summed E-state index contributed by atoms with van der Waals surface area (Å²) < 4.78 is 11.5. The largest absolute Gasteiger partial charge is 0.489 e. The minimum absolute atomic E-state index is 0.190. The van der Waals surface area contributed by atoms with E-state index in [1.54, 1.807) is 0 Å². The van der Waals surface area contributed by atoms with Gasteiger partial charge in [-0.05, 0) is 38.8 Å². The average molecular weight is 289 g/mol. The minimum atomic E-state index is -0.435. The Labute approximate surface area is 126 Å². The van der Waals surface area contributed by atoms with Gasteiger partial charge in [-0.3, -0.25) is 0 Å². The molecule has 4 nitrogen and oxygen atoms in total. The number of benzene rings is 1. The minimum Gasteiger partial charge on any atom is -0.489 e. The monoisotopic (exact) mass is 289 g/mol. The third-order valence-corrected chi connectivity index (χ3v) is 4.07. The topological polar surface area (TPSA) is 38.8 Å². The maximum atomic E-state index is 12.1. The normalized spacial score (nSPS) is 24.6. The van der Waals surface area contributed by atoms with E-state index in [2.05, 4.69) is 6.07 Å². The van der Waals surface area contributed by atoms with E-state index in [1.807, 2.05) is 43.9 Å². The number of rotatable bonds is 1. The van der Waals surface area contributed by atoms with Gasteiger partial charge >= 0.3 is 6.09 Å². The zero-order valence-electron chi connectivity index (χ0n) is 13.0. The molecule has 0 bridgehead atoms. The molecule has 2 heterocycles. The number of carbonyl (C=O) groups excluding carboxylic acids is 1. The molecule has 0 aliphatic carbocycles. The third-order valence-electron chi connectivity index (χ3n) is 4.07. The molecule has 1 fully saturated rings. The van der Waals surface area contributed by atoms with Gasteiger partial charge in [0.25, 0.3) is 0 Å². The van der Waals surface area contributed by atoms with Crippen molar-refractivity contribution < 1.29 is 14.3 Å². The number of likely N-dealkylation sites (tertiary alicyclic amines) is 1. The van der Waals surface area contributed by atoms with Gasteiger partial charge < -0.3 is 14.4 Å². The second kappa shape index (κ2) is 5.24. The third kappa shape index (κ3) is 3.14. The Morgan fingerprint density at radius 1 is 1.33 bits per heavy atom. The van der Waals surface area contributed by atoms with E-state index in [-0.39, 0.29) is 12.2 Å². The molecule has 21 heavy (non-hydrogen) atoms. The number of para-hydroxylation sites is 1. The number of carbonyl (C=O) groups is 1. The average Bonchev–Trinajstić information content (AvgIpc) is 3.03. The van der Waals surface area contributed by atoms with Crippen molar-refractivity contribution in [2.24, 2.45) is 5.92 Å². The Hall–Kier alpha value is -1.71. The summed E-state index contributed by atoms with van der Waals surface area (Å²) in [6.45, 7) is 7.18. The molecule has 2 aliphatic heterocycles. The lowest BCUT2D eigenvalue weighted by molar-refractivity contribution is 0.0277. The fourth-order valence-corrected chi connectivity index (χ4v) is 3.05. The summed E-state index contributed by atoms with van der Waals surface area (Å²) >= 11 is 0. The maximum absolute atomic E-state index is 12.1. The number of nitrogens with zero attached hydrogens (tertiary/aromatic N) is 1. The van der Waals surface area contributed by atoms with E-state index in [1.165, 1.54) is 5.56 Å². The molecular weight excluding hydrogens is 266 g/mol. The van der Waals surface area contributed by atoms with Crippen LogP contribution in [0.15, 0.2) is 24.3 Å². The van der Waals surface area contributed by atoms with Gasteiger partial charge in [-0.15, -0.1) is 0 Å². The van der Waals surface area contributed by atoms with Crippen molar-refractivity contribution >= 4 is 6.09 Å². The molecule has 0 aromatic heterocycles. The van der Waals surface area contributed by atoms with Crippen molar-refractivity contribution in [2.45, 2.75) is 45.3 Å². The van der Waals surface area contributed by atoms with Crippen LogP contribution in [0.25, 0.3) is 0 Å². The van der Waals surface area contributed by atoms with E-state index in [9.17, 15) is 4.79 Å². The van der Waals surface area contributed by atoms with Crippen LogP contribution in [0.3, 0.4) is 0 Å². The van der Waals surface area contributed by atoms with Crippen molar-refractivity contribution in [1.29, 1.82) is 0 Å². The van der Waals surface area contributed by atoms with Crippen molar-refractivity contribution in [2.75, 3.05) is 13.1 Å². The second-order valence-corrected chi connectivity index (χ2v) is 6.94. The standard InChI is InChI=1S/C17H23NO3/c1-17(2,3)21-16(19)18-9-8-13(11-18)15-10-12-6-4-5-7-14(12)20-15/h4-7,13,15H,8-11H2,1-3H3. The molecule has 1 saturated heterocycles. The molecule has 0 saturated carbocycles. The van der Waals surface area contributed by atoms with E-state index in [4.69, 9.17) is 9.47 Å². The highest BCUT2D eigenvalue weighted by Gasteiger charge is 2.37. The molecule has 1 aromatic carbocycles. The lowest BCUT2D eigenvalue weighted by Crippen LogP contribution is -2.36. The number of hydrogen-bond acceptors (Lipinski definition) is 3. The molecule has 2 aliphatic rings. The first kappa shape index (κ1) is 14.2. The van der Waals surface area contributed by atoms with Gasteiger partial charge in [0.1, 0.15) is 17.5 Å². The number of hydrogen-bond donors (Lipinski definition) is 0. The van der Waals surface area contributed by atoms with Crippen LogP contribution >= 0.6 is 0 Å². The van der Waals surface area contributed by atoms with Crippen LogP contribution in [0.2, 0.25) is 0 Å². The second-order valence-electron chi connectivity index (χ2n) is 6.94. The van der Waals surface area contributed by atoms with Crippen LogP contribution in [0.5, 0.6) is 5.75 Å². The molecule has 114 valence electrons. The maximum Gasteiger partial charge on any atom is 0.410 e. The van der Waals surface area contributed by atoms with E-state index < -0.39 is 5.60 Å². The van der Waals surface area contributed by atoms with E-state index in [0.29, 0.717) is 5.92 Å². The fraction of sp³-hybridized carbons (Fsp3) is 0.588. The van der Waals surface area contributed by atoms with Crippen LogP contribution in [0.1, 0.15) is 32.8 Å². The van der Waals surface area contributed by atoms with Crippen LogP contribution < -0.4 is 4.74 Å². The predicted octanol–water partition coefficient (Wildman–Crippen LogP) is 3.25. The zero-order chi connectivity index (χ0) is 15.0. The lowest BCUT2D eigenvalue weighted by Gasteiger charge is -2.25. The van der Waals surface area contributed by atoms with Crippen molar-refractivity contribution in [3.05, 3.63) is 29.8 Å². The molecule has 4 heteroatoms. The highest BCUT2D eigenvalue weighted by atomic mass is 16.6. The molecule has 3 rings (SSSR count). The number of amides is 1.